The van der Waals surface area contributed by atoms with E-state index in [1.807, 2.05) is 0 Å². The molecule has 0 atom stereocenters. The second-order valence-corrected chi connectivity index (χ2v) is 6.33. The van der Waals surface area contributed by atoms with Crippen molar-refractivity contribution in [3.8, 4) is 11.5 Å². The lowest BCUT2D eigenvalue weighted by atomic mass is 10.1. The molecule has 0 unspecified atom stereocenters. The maximum atomic E-state index is 12.3. The van der Waals surface area contributed by atoms with E-state index in [0.717, 1.165) is 11.3 Å². The third kappa shape index (κ3) is 3.51. The molecule has 1 aliphatic rings. The Morgan fingerprint density at radius 3 is 2.48 bits per heavy atom. The molecular formula is C17H15NO8S. The normalized spacial score (nSPS) is 11.8. The van der Waals surface area contributed by atoms with E-state index >= 15 is 0 Å². The van der Waals surface area contributed by atoms with Gasteiger partial charge in [-0.05, 0) is 18.2 Å². The fraction of sp³-hybridized carbons (Fsp3) is 0.235. The summed E-state index contributed by atoms with van der Waals surface area (Å²) in [6.07, 6.45) is 0. The van der Waals surface area contributed by atoms with Gasteiger partial charge < -0.3 is 29.4 Å². The molecule has 9 nitrogen and oxygen atoms in total. The van der Waals surface area contributed by atoms with E-state index in [9.17, 15) is 14.4 Å². The average Bonchev–Trinajstić information content (AvgIpc) is 3.28. The van der Waals surface area contributed by atoms with Gasteiger partial charge in [-0.25, -0.2) is 14.4 Å². The third-order valence-electron chi connectivity index (χ3n) is 3.75. The Labute approximate surface area is 157 Å². The monoisotopic (exact) mass is 393 g/mol. The molecule has 0 fully saturated rings. The van der Waals surface area contributed by atoms with Crippen molar-refractivity contribution in [2.24, 2.45) is 0 Å². The van der Waals surface area contributed by atoms with E-state index in [4.69, 9.17) is 29.4 Å². The predicted molar refractivity (Wildman–Crippen MR) is 93.1 cm³/mol. The van der Waals surface area contributed by atoms with Gasteiger partial charge in [0, 0.05) is 5.56 Å². The lowest BCUT2D eigenvalue weighted by Crippen LogP contribution is -2.12. The van der Waals surface area contributed by atoms with Crippen molar-refractivity contribution in [1.82, 2.24) is 0 Å². The summed E-state index contributed by atoms with van der Waals surface area (Å²) < 4.78 is 25.0. The maximum absolute atomic E-state index is 12.3. The van der Waals surface area contributed by atoms with Crippen molar-refractivity contribution < 1.29 is 38.1 Å². The van der Waals surface area contributed by atoms with Crippen LogP contribution in [0.3, 0.4) is 0 Å². The Morgan fingerprint density at radius 1 is 1.07 bits per heavy atom. The van der Waals surface area contributed by atoms with Crippen LogP contribution < -0.4 is 15.2 Å². The molecule has 10 heteroatoms. The number of benzene rings is 1. The van der Waals surface area contributed by atoms with Gasteiger partial charge in [0.15, 0.2) is 11.5 Å². The second-order valence-electron chi connectivity index (χ2n) is 5.28. The molecule has 27 heavy (non-hydrogen) atoms. The highest BCUT2D eigenvalue weighted by molar-refractivity contribution is 7.18. The minimum absolute atomic E-state index is 0.0265. The molecule has 2 heterocycles. The number of ether oxygens (including phenoxy) is 5. The number of thiophene rings is 1. The Balaban J connectivity index is 1.85. The van der Waals surface area contributed by atoms with Crippen LogP contribution in [0.25, 0.3) is 0 Å². The number of fused-ring (bicyclic) bond motifs is 1. The second kappa shape index (κ2) is 7.54. The van der Waals surface area contributed by atoms with Crippen LogP contribution in [0.4, 0.5) is 5.00 Å². The summed E-state index contributed by atoms with van der Waals surface area (Å²) in [5.41, 5.74) is 6.16. The Hall–Kier alpha value is -3.27. The van der Waals surface area contributed by atoms with Crippen LogP contribution in [0, 0.1) is 0 Å². The van der Waals surface area contributed by atoms with Crippen LogP contribution >= 0.6 is 11.3 Å². The number of anilines is 1. The summed E-state index contributed by atoms with van der Waals surface area (Å²) in [5, 5.41) is 0.0661. The van der Waals surface area contributed by atoms with Crippen molar-refractivity contribution in [3.63, 3.8) is 0 Å². The molecular weight excluding hydrogens is 378 g/mol. The number of nitrogens with two attached hydrogens (primary N) is 1. The molecule has 1 aromatic heterocycles. The van der Waals surface area contributed by atoms with E-state index in [-0.39, 0.29) is 40.0 Å². The van der Waals surface area contributed by atoms with Gasteiger partial charge in [0.2, 0.25) is 6.79 Å². The Kier molecular flexibility index (Phi) is 5.17. The number of carbonyl (C=O) groups is 3. The summed E-state index contributed by atoms with van der Waals surface area (Å²) in [7, 11) is 2.37. The molecule has 1 aromatic carbocycles. The highest BCUT2D eigenvalue weighted by Gasteiger charge is 2.28. The number of carbonyl (C=O) groups excluding carboxylic acids is 3. The van der Waals surface area contributed by atoms with Gasteiger partial charge in [-0.2, -0.15) is 0 Å². The molecule has 0 radical (unpaired) electrons. The van der Waals surface area contributed by atoms with Crippen LogP contribution in [-0.4, -0.2) is 38.9 Å². The van der Waals surface area contributed by atoms with Gasteiger partial charge in [0.05, 0.1) is 19.8 Å². The summed E-state index contributed by atoms with van der Waals surface area (Å²) in [5.74, 6) is -1.17. The van der Waals surface area contributed by atoms with Crippen molar-refractivity contribution >= 4 is 34.2 Å². The number of nitrogen functional groups attached to an aromatic ring is 1. The fourth-order valence-electron chi connectivity index (χ4n) is 2.45. The third-order valence-corrected chi connectivity index (χ3v) is 4.79. The molecule has 2 aromatic rings. The van der Waals surface area contributed by atoms with Gasteiger partial charge in [0.1, 0.15) is 22.0 Å². The topological polar surface area (TPSA) is 123 Å². The number of hydrogen-bond acceptors (Lipinski definition) is 10. The first kappa shape index (κ1) is 18.5. The SMILES string of the molecule is COC(=O)c1sc(N)c(C(=O)OC)c1COC(=O)c1ccc2c(c1)OCO2. The standard InChI is InChI=1S/C17H15NO8S/c1-22-16(20)12-9(13(17(21)23-2)27-14(12)18)6-24-15(19)8-3-4-10-11(5-8)26-7-25-10/h3-5H,6-7,18H2,1-2H3. The zero-order valence-electron chi connectivity index (χ0n) is 14.4. The lowest BCUT2D eigenvalue weighted by Gasteiger charge is -2.08. The van der Waals surface area contributed by atoms with Gasteiger partial charge in [0.25, 0.3) is 0 Å². The lowest BCUT2D eigenvalue weighted by molar-refractivity contribution is 0.0452. The minimum atomic E-state index is -0.743. The molecule has 142 valence electrons. The van der Waals surface area contributed by atoms with Gasteiger partial charge in [-0.3, -0.25) is 0 Å². The van der Waals surface area contributed by atoms with Crippen molar-refractivity contribution in [2.45, 2.75) is 6.61 Å². The van der Waals surface area contributed by atoms with Crippen LogP contribution in [0.5, 0.6) is 11.5 Å². The molecule has 0 amide bonds. The summed E-state index contributed by atoms with van der Waals surface area (Å²) in [6, 6.07) is 4.58. The smallest absolute Gasteiger partial charge is 0.348 e. The molecule has 1 aliphatic heterocycles. The molecule has 2 N–H and O–H groups in total. The van der Waals surface area contributed by atoms with Gasteiger partial charge in [-0.1, -0.05) is 0 Å². The largest absolute Gasteiger partial charge is 0.465 e. The van der Waals surface area contributed by atoms with Gasteiger partial charge in [-0.15, -0.1) is 11.3 Å². The molecule has 0 aliphatic carbocycles. The minimum Gasteiger partial charge on any atom is -0.465 e. The predicted octanol–water partition coefficient (Wildman–Crippen LogP) is 1.99. The number of hydrogen-bond donors (Lipinski definition) is 1. The van der Waals surface area contributed by atoms with E-state index in [2.05, 4.69) is 0 Å². The molecule has 0 bridgehead atoms. The first-order valence-electron chi connectivity index (χ1n) is 7.60. The fourth-order valence-corrected chi connectivity index (χ4v) is 3.43. The first-order chi connectivity index (χ1) is 13.0. The first-order valence-corrected chi connectivity index (χ1v) is 8.42. The zero-order valence-corrected chi connectivity index (χ0v) is 15.2. The van der Waals surface area contributed by atoms with E-state index in [1.54, 1.807) is 6.07 Å². The molecule has 0 saturated heterocycles. The zero-order chi connectivity index (χ0) is 19.6. The Morgan fingerprint density at radius 2 is 1.78 bits per heavy atom. The summed E-state index contributed by atoms with van der Waals surface area (Å²) >= 11 is 0.856. The van der Waals surface area contributed by atoms with Crippen LogP contribution in [0.15, 0.2) is 18.2 Å². The van der Waals surface area contributed by atoms with E-state index in [1.165, 1.54) is 26.4 Å². The van der Waals surface area contributed by atoms with Crippen molar-refractivity contribution in [2.75, 3.05) is 26.7 Å². The highest BCUT2D eigenvalue weighted by Crippen LogP contribution is 2.34. The van der Waals surface area contributed by atoms with E-state index < -0.39 is 17.9 Å². The maximum Gasteiger partial charge on any atom is 0.348 e. The van der Waals surface area contributed by atoms with Crippen molar-refractivity contribution in [3.05, 3.63) is 39.8 Å². The van der Waals surface area contributed by atoms with E-state index in [0.29, 0.717) is 11.5 Å². The van der Waals surface area contributed by atoms with Gasteiger partial charge >= 0.3 is 17.9 Å². The van der Waals surface area contributed by atoms with Crippen LogP contribution in [0.1, 0.15) is 36.0 Å². The summed E-state index contributed by atoms with van der Waals surface area (Å²) in [4.78, 5) is 36.4. The average molecular weight is 393 g/mol. The van der Waals surface area contributed by atoms with Crippen LogP contribution in [-0.2, 0) is 20.8 Å². The quantitative estimate of drug-likeness (QED) is 0.600. The van der Waals surface area contributed by atoms with Crippen molar-refractivity contribution in [1.29, 1.82) is 0 Å². The number of rotatable bonds is 5. The molecule has 3 rings (SSSR count). The highest BCUT2D eigenvalue weighted by atomic mass is 32.1. The number of esters is 3. The van der Waals surface area contributed by atoms with Crippen LogP contribution in [0.2, 0.25) is 0 Å². The Bertz CT molecular complexity index is 920. The molecule has 0 spiro atoms. The molecule has 0 saturated carbocycles. The summed E-state index contributed by atoms with van der Waals surface area (Å²) in [6.45, 7) is -0.289. The number of methoxy groups -OCH3 is 2.